The fourth-order valence-corrected chi connectivity index (χ4v) is 6.67. The fourth-order valence-electron chi connectivity index (χ4n) is 4.10. The van der Waals surface area contributed by atoms with Gasteiger partial charge in [-0.2, -0.15) is 4.31 Å². The maximum Gasteiger partial charge on any atom is 0.277 e. The van der Waals surface area contributed by atoms with E-state index in [1.807, 2.05) is 36.4 Å². The van der Waals surface area contributed by atoms with E-state index in [0.717, 1.165) is 30.4 Å². The Bertz CT molecular complexity index is 1300. The minimum atomic E-state index is -3.54. The molecule has 0 saturated carbocycles. The molecule has 1 aromatic heterocycles. The van der Waals surface area contributed by atoms with E-state index in [1.54, 1.807) is 28.6 Å². The van der Waals surface area contributed by atoms with E-state index in [0.29, 0.717) is 29.8 Å². The standard InChI is InChI=1S/C26H25N3O3S2/c30-34(31,29-17-8-3-9-18-29)23-16-10-15-22(19-23)25-27-28-26(32-25)33-24(20-11-4-1-5-12-20)21-13-6-2-7-14-21/h1-2,4-7,10-16,19,24H,3,8-9,17-18H2. The lowest BCUT2D eigenvalue weighted by atomic mass is 10.0. The molecule has 2 heterocycles. The van der Waals surface area contributed by atoms with Crippen LogP contribution in [-0.2, 0) is 10.0 Å². The van der Waals surface area contributed by atoms with Crippen LogP contribution in [0.1, 0.15) is 35.6 Å². The highest BCUT2D eigenvalue weighted by Gasteiger charge is 2.27. The average molecular weight is 492 g/mol. The molecule has 0 radical (unpaired) electrons. The molecule has 0 atom stereocenters. The third kappa shape index (κ3) is 4.94. The van der Waals surface area contributed by atoms with Crippen LogP contribution in [-0.4, -0.2) is 36.0 Å². The second-order valence-corrected chi connectivity index (χ2v) is 11.2. The molecule has 174 valence electrons. The van der Waals surface area contributed by atoms with Crippen molar-refractivity contribution < 1.29 is 12.8 Å². The largest absolute Gasteiger partial charge is 0.411 e. The number of piperidine rings is 1. The zero-order chi connectivity index (χ0) is 23.4. The van der Waals surface area contributed by atoms with Crippen LogP contribution >= 0.6 is 11.8 Å². The molecule has 34 heavy (non-hydrogen) atoms. The minimum Gasteiger partial charge on any atom is -0.411 e. The molecule has 8 heteroatoms. The first-order chi connectivity index (χ1) is 16.6. The monoisotopic (exact) mass is 491 g/mol. The molecule has 1 aliphatic rings. The molecule has 1 fully saturated rings. The van der Waals surface area contributed by atoms with Crippen molar-refractivity contribution in [2.75, 3.05) is 13.1 Å². The van der Waals surface area contributed by atoms with Gasteiger partial charge in [0.25, 0.3) is 5.22 Å². The summed E-state index contributed by atoms with van der Waals surface area (Å²) in [5.74, 6) is 0.304. The summed E-state index contributed by atoms with van der Waals surface area (Å²) < 4.78 is 33.7. The van der Waals surface area contributed by atoms with Crippen molar-refractivity contribution in [2.45, 2.75) is 34.6 Å². The Hall–Kier alpha value is -2.94. The van der Waals surface area contributed by atoms with Gasteiger partial charge in [-0.15, -0.1) is 10.2 Å². The summed E-state index contributed by atoms with van der Waals surface area (Å²) in [4.78, 5) is 0.255. The van der Waals surface area contributed by atoms with Crippen LogP contribution < -0.4 is 0 Å². The first-order valence-corrected chi connectivity index (χ1v) is 13.6. The van der Waals surface area contributed by atoms with E-state index >= 15 is 0 Å². The Balaban J connectivity index is 1.41. The second-order valence-electron chi connectivity index (χ2n) is 8.18. The Morgan fingerprint density at radius 3 is 2.09 bits per heavy atom. The number of hydrogen-bond donors (Lipinski definition) is 0. The SMILES string of the molecule is O=S(=O)(c1cccc(-c2nnc(SC(c3ccccc3)c3ccccc3)o2)c1)N1CCCCC1. The van der Waals surface area contributed by atoms with Gasteiger partial charge in [0.1, 0.15) is 0 Å². The Labute approximate surface area is 204 Å². The normalized spacial score (nSPS) is 15.0. The molecule has 0 amide bonds. The van der Waals surface area contributed by atoms with Gasteiger partial charge in [-0.1, -0.05) is 84.9 Å². The summed E-state index contributed by atoms with van der Waals surface area (Å²) >= 11 is 1.48. The number of sulfonamides is 1. The van der Waals surface area contributed by atoms with Gasteiger partial charge in [-0.05, 0) is 42.2 Å². The average Bonchev–Trinajstić information content (AvgIpc) is 3.38. The molecule has 1 aliphatic heterocycles. The Kier molecular flexibility index (Phi) is 6.80. The molecule has 4 aromatic rings. The van der Waals surface area contributed by atoms with Crippen LogP contribution in [0.25, 0.3) is 11.5 Å². The van der Waals surface area contributed by atoms with Gasteiger partial charge in [-0.3, -0.25) is 0 Å². The highest BCUT2D eigenvalue weighted by molar-refractivity contribution is 7.99. The van der Waals surface area contributed by atoms with Crippen LogP contribution in [0.15, 0.2) is 99.5 Å². The van der Waals surface area contributed by atoms with Crippen LogP contribution in [0.3, 0.4) is 0 Å². The van der Waals surface area contributed by atoms with Gasteiger partial charge >= 0.3 is 0 Å². The van der Waals surface area contributed by atoms with Crippen molar-refractivity contribution in [3.05, 3.63) is 96.1 Å². The van der Waals surface area contributed by atoms with Gasteiger partial charge in [0.15, 0.2) is 0 Å². The van der Waals surface area contributed by atoms with E-state index in [2.05, 4.69) is 34.5 Å². The summed E-state index contributed by atoms with van der Waals surface area (Å²) in [6.07, 6.45) is 2.86. The second kappa shape index (κ2) is 10.1. The molecule has 0 bridgehead atoms. The number of thioether (sulfide) groups is 1. The molecular weight excluding hydrogens is 466 g/mol. The van der Waals surface area contributed by atoms with Crippen LogP contribution in [0, 0.1) is 0 Å². The van der Waals surface area contributed by atoms with Crippen molar-refractivity contribution >= 4 is 21.8 Å². The quantitative estimate of drug-likeness (QED) is 0.305. The van der Waals surface area contributed by atoms with Gasteiger partial charge in [0, 0.05) is 18.7 Å². The van der Waals surface area contributed by atoms with E-state index in [9.17, 15) is 8.42 Å². The van der Waals surface area contributed by atoms with Crippen molar-refractivity contribution in [3.63, 3.8) is 0 Å². The maximum atomic E-state index is 13.1. The Morgan fingerprint density at radius 1 is 0.794 bits per heavy atom. The zero-order valence-electron chi connectivity index (χ0n) is 18.6. The summed E-state index contributed by atoms with van der Waals surface area (Å²) in [6.45, 7) is 1.13. The highest BCUT2D eigenvalue weighted by Crippen LogP contribution is 2.40. The van der Waals surface area contributed by atoms with E-state index in [4.69, 9.17) is 4.42 Å². The number of aromatic nitrogens is 2. The lowest BCUT2D eigenvalue weighted by molar-refractivity contribution is 0.346. The van der Waals surface area contributed by atoms with Crippen molar-refractivity contribution in [3.8, 4) is 11.5 Å². The highest BCUT2D eigenvalue weighted by atomic mass is 32.2. The van der Waals surface area contributed by atoms with Crippen molar-refractivity contribution in [1.29, 1.82) is 0 Å². The maximum absolute atomic E-state index is 13.1. The summed E-state index contributed by atoms with van der Waals surface area (Å²) in [5, 5.41) is 8.88. The molecule has 3 aromatic carbocycles. The Morgan fingerprint density at radius 2 is 1.44 bits per heavy atom. The third-order valence-electron chi connectivity index (χ3n) is 5.86. The van der Waals surface area contributed by atoms with Crippen LogP contribution in [0.2, 0.25) is 0 Å². The van der Waals surface area contributed by atoms with E-state index in [1.165, 1.54) is 11.8 Å². The summed E-state index contributed by atoms with van der Waals surface area (Å²) in [6, 6.07) is 27.1. The molecular formula is C26H25N3O3S2. The van der Waals surface area contributed by atoms with Gasteiger partial charge in [0.05, 0.1) is 10.1 Å². The predicted molar refractivity (Wildman–Crippen MR) is 133 cm³/mol. The van der Waals surface area contributed by atoms with E-state index < -0.39 is 10.0 Å². The minimum absolute atomic E-state index is 0.0125. The van der Waals surface area contributed by atoms with Crippen molar-refractivity contribution in [1.82, 2.24) is 14.5 Å². The number of hydrogen-bond acceptors (Lipinski definition) is 6. The molecule has 1 saturated heterocycles. The predicted octanol–water partition coefficient (Wildman–Crippen LogP) is 5.79. The lowest BCUT2D eigenvalue weighted by Crippen LogP contribution is -2.35. The van der Waals surface area contributed by atoms with Crippen LogP contribution in [0.5, 0.6) is 0 Å². The molecule has 0 N–H and O–H groups in total. The number of nitrogens with zero attached hydrogens (tertiary/aromatic N) is 3. The number of rotatable bonds is 7. The van der Waals surface area contributed by atoms with Gasteiger partial charge < -0.3 is 4.42 Å². The third-order valence-corrected chi connectivity index (χ3v) is 8.90. The topological polar surface area (TPSA) is 76.3 Å². The fraction of sp³-hybridized carbons (Fsp3) is 0.231. The van der Waals surface area contributed by atoms with Gasteiger partial charge in [-0.25, -0.2) is 8.42 Å². The van der Waals surface area contributed by atoms with E-state index in [-0.39, 0.29) is 10.1 Å². The first-order valence-electron chi connectivity index (χ1n) is 11.3. The molecule has 6 nitrogen and oxygen atoms in total. The van der Waals surface area contributed by atoms with Gasteiger partial charge in [0.2, 0.25) is 15.9 Å². The summed E-state index contributed by atoms with van der Waals surface area (Å²) in [5.41, 5.74) is 2.86. The first kappa shape index (κ1) is 22.8. The lowest BCUT2D eigenvalue weighted by Gasteiger charge is -2.25. The molecule has 5 rings (SSSR count). The molecule has 0 aliphatic carbocycles. The summed E-state index contributed by atoms with van der Waals surface area (Å²) in [7, 11) is -3.54. The van der Waals surface area contributed by atoms with Crippen molar-refractivity contribution in [2.24, 2.45) is 0 Å². The van der Waals surface area contributed by atoms with Crippen LogP contribution in [0.4, 0.5) is 0 Å². The molecule has 0 spiro atoms. The number of benzene rings is 3. The zero-order valence-corrected chi connectivity index (χ0v) is 20.2. The smallest absolute Gasteiger partial charge is 0.277 e. The molecule has 0 unspecified atom stereocenters.